The fraction of sp³-hybridized carbons (Fsp3) is 0.391. The van der Waals surface area contributed by atoms with Crippen LogP contribution in [0.1, 0.15) is 55.8 Å². The van der Waals surface area contributed by atoms with E-state index >= 15 is 0 Å². The molecule has 1 aliphatic rings. The van der Waals surface area contributed by atoms with Crippen LogP contribution in [-0.2, 0) is 32.5 Å². The van der Waals surface area contributed by atoms with Gasteiger partial charge in [0.2, 0.25) is 11.8 Å². The number of aryl methyl sites for hydroxylation is 2. The van der Waals surface area contributed by atoms with Gasteiger partial charge < -0.3 is 5.32 Å². The van der Waals surface area contributed by atoms with Crippen LogP contribution >= 0.6 is 11.8 Å². The van der Waals surface area contributed by atoms with Gasteiger partial charge in [-0.3, -0.25) is 9.59 Å². The van der Waals surface area contributed by atoms with E-state index in [0.29, 0.717) is 22.0 Å². The topological polar surface area (TPSA) is 129 Å². The smallest absolute Gasteiger partial charge is 0.264 e. The number of aromatic nitrogens is 1. The molecule has 0 bridgehead atoms. The number of nitrogens with zero attached hydrogens (tertiary/aromatic N) is 2. The van der Waals surface area contributed by atoms with Gasteiger partial charge in [-0.25, -0.2) is 18.1 Å². The van der Waals surface area contributed by atoms with Crippen molar-refractivity contribution < 1.29 is 18.0 Å². The molecule has 2 amide bonds. The maximum absolute atomic E-state index is 12.3. The first-order chi connectivity index (χ1) is 15.8. The monoisotopic (exact) mass is 486 g/mol. The van der Waals surface area contributed by atoms with Crippen molar-refractivity contribution in [2.45, 2.75) is 61.8 Å². The van der Waals surface area contributed by atoms with Gasteiger partial charge in [-0.1, -0.05) is 12.8 Å². The Labute approximate surface area is 198 Å². The highest BCUT2D eigenvalue weighted by Crippen LogP contribution is 2.27. The zero-order valence-electron chi connectivity index (χ0n) is 18.4. The Morgan fingerprint density at radius 1 is 1.12 bits per heavy atom. The fourth-order valence-corrected chi connectivity index (χ4v) is 5.49. The molecule has 0 atom stereocenters. The molecule has 8 nitrogen and oxygen atoms in total. The second-order valence-electron chi connectivity index (χ2n) is 7.81. The maximum Gasteiger partial charge on any atom is 0.264 e. The van der Waals surface area contributed by atoms with E-state index in [4.69, 9.17) is 4.98 Å². The van der Waals surface area contributed by atoms with Crippen LogP contribution in [0.4, 0.5) is 5.69 Å². The van der Waals surface area contributed by atoms with Crippen LogP contribution in [0.15, 0.2) is 40.3 Å². The van der Waals surface area contributed by atoms with E-state index in [1.807, 2.05) is 10.8 Å². The first-order valence-electron chi connectivity index (χ1n) is 10.8. The van der Waals surface area contributed by atoms with Gasteiger partial charge in [-0.05, 0) is 61.6 Å². The summed E-state index contributed by atoms with van der Waals surface area (Å²) in [6, 6.07) is 9.74. The van der Waals surface area contributed by atoms with Gasteiger partial charge in [0.25, 0.3) is 10.0 Å². The van der Waals surface area contributed by atoms with Gasteiger partial charge in [0.15, 0.2) is 0 Å². The number of hydrogen-bond acceptors (Lipinski definition) is 7. The van der Waals surface area contributed by atoms with E-state index in [1.54, 1.807) is 0 Å². The van der Waals surface area contributed by atoms with Crippen molar-refractivity contribution in [1.29, 1.82) is 5.26 Å². The van der Waals surface area contributed by atoms with Crippen molar-refractivity contribution in [3.8, 4) is 6.07 Å². The Kier molecular flexibility index (Phi) is 8.47. The molecule has 0 saturated carbocycles. The van der Waals surface area contributed by atoms with Crippen LogP contribution in [0.5, 0.6) is 0 Å². The van der Waals surface area contributed by atoms with E-state index in [-0.39, 0.29) is 17.2 Å². The molecular weight excluding hydrogens is 460 g/mol. The number of nitrogens with one attached hydrogen (secondary N) is 2. The summed E-state index contributed by atoms with van der Waals surface area (Å²) in [6.07, 6.45) is 6.71. The van der Waals surface area contributed by atoms with Gasteiger partial charge in [0.05, 0.1) is 10.5 Å². The normalized spacial score (nSPS) is 13.7. The third-order valence-electron chi connectivity index (χ3n) is 5.18. The molecule has 1 aromatic carbocycles. The maximum atomic E-state index is 12.3. The second-order valence-corrected chi connectivity index (χ2v) is 10.6. The van der Waals surface area contributed by atoms with Crippen molar-refractivity contribution in [3.05, 3.63) is 47.2 Å². The summed E-state index contributed by atoms with van der Waals surface area (Å²) in [7, 11) is -3.92. The number of carbonyl (C=O) groups excluding carboxylic acids is 2. The van der Waals surface area contributed by atoms with E-state index < -0.39 is 15.9 Å². The van der Waals surface area contributed by atoms with Crippen molar-refractivity contribution in [3.63, 3.8) is 0 Å². The van der Waals surface area contributed by atoms with E-state index in [1.165, 1.54) is 48.9 Å². The lowest BCUT2D eigenvalue weighted by Gasteiger charge is -2.15. The van der Waals surface area contributed by atoms with Crippen LogP contribution in [-0.4, -0.2) is 31.0 Å². The Morgan fingerprint density at radius 2 is 1.82 bits per heavy atom. The molecule has 1 heterocycles. The molecule has 1 aromatic heterocycles. The summed E-state index contributed by atoms with van der Waals surface area (Å²) in [5.74, 6) is -0.449. The lowest BCUT2D eigenvalue weighted by Crippen LogP contribution is -2.28. The molecule has 174 valence electrons. The first-order valence-corrected chi connectivity index (χ1v) is 13.2. The number of thioether (sulfide) groups is 1. The SMILES string of the molecule is CC(=O)NS(=O)(=O)c1ccc(NC(=O)CCSc2nc3c(cc2C#N)CCCCCC3)cc1. The predicted molar refractivity (Wildman–Crippen MR) is 126 cm³/mol. The highest BCUT2D eigenvalue weighted by molar-refractivity contribution is 7.99. The van der Waals surface area contributed by atoms with Crippen LogP contribution in [0.25, 0.3) is 0 Å². The Balaban J connectivity index is 1.57. The van der Waals surface area contributed by atoms with Gasteiger partial charge in [0.1, 0.15) is 11.1 Å². The molecule has 3 rings (SSSR count). The summed E-state index contributed by atoms with van der Waals surface area (Å²) in [6.45, 7) is 1.12. The van der Waals surface area contributed by atoms with E-state index in [9.17, 15) is 23.3 Å². The lowest BCUT2D eigenvalue weighted by atomic mass is 9.96. The summed E-state index contributed by atoms with van der Waals surface area (Å²) in [5, 5.41) is 12.9. The number of benzene rings is 1. The number of anilines is 1. The lowest BCUT2D eigenvalue weighted by molar-refractivity contribution is -0.117. The van der Waals surface area contributed by atoms with Crippen molar-refractivity contribution >= 4 is 39.3 Å². The molecule has 2 N–H and O–H groups in total. The summed E-state index contributed by atoms with van der Waals surface area (Å²) < 4.78 is 25.8. The highest BCUT2D eigenvalue weighted by atomic mass is 32.2. The molecule has 0 fully saturated rings. The largest absolute Gasteiger partial charge is 0.326 e. The minimum atomic E-state index is -3.92. The van der Waals surface area contributed by atoms with E-state index in [0.717, 1.165) is 43.9 Å². The van der Waals surface area contributed by atoms with Crippen molar-refractivity contribution in [2.75, 3.05) is 11.1 Å². The number of rotatable bonds is 7. The second kappa shape index (κ2) is 11.3. The van der Waals surface area contributed by atoms with Crippen LogP contribution in [0.2, 0.25) is 0 Å². The zero-order chi connectivity index (χ0) is 23.8. The number of nitriles is 1. The van der Waals surface area contributed by atoms with Crippen LogP contribution in [0.3, 0.4) is 0 Å². The molecule has 0 aliphatic heterocycles. The predicted octanol–water partition coefficient (Wildman–Crippen LogP) is 3.56. The molecular formula is C23H26N4O4S2. The molecule has 33 heavy (non-hydrogen) atoms. The standard InChI is InChI=1S/C23H26N4O4S2/c1-16(28)27-33(30,31)20-10-8-19(9-11-20)25-22(29)12-13-32-23-18(15-24)14-17-6-4-2-3-5-7-21(17)26-23/h8-11,14H,2-7,12-13H2,1H3,(H,25,29)(H,27,28). The van der Waals surface area contributed by atoms with Crippen molar-refractivity contribution in [2.24, 2.45) is 0 Å². The Hall–Kier alpha value is -2.90. The van der Waals surface area contributed by atoms with Gasteiger partial charge in [-0.2, -0.15) is 5.26 Å². The third kappa shape index (κ3) is 7.04. The molecule has 0 unspecified atom stereocenters. The van der Waals surface area contributed by atoms with Gasteiger partial charge >= 0.3 is 0 Å². The Bertz CT molecular complexity index is 1170. The Morgan fingerprint density at radius 3 is 2.48 bits per heavy atom. The zero-order valence-corrected chi connectivity index (χ0v) is 20.0. The molecule has 0 saturated heterocycles. The minimum absolute atomic E-state index is 0.0692. The summed E-state index contributed by atoms with van der Waals surface area (Å²) in [5.41, 5.74) is 3.23. The quantitative estimate of drug-likeness (QED) is 0.573. The van der Waals surface area contributed by atoms with Crippen LogP contribution in [0, 0.1) is 11.3 Å². The number of pyridine rings is 1. The number of amides is 2. The highest BCUT2D eigenvalue weighted by Gasteiger charge is 2.16. The summed E-state index contributed by atoms with van der Waals surface area (Å²) in [4.78, 5) is 28.0. The molecule has 2 aromatic rings. The molecule has 1 aliphatic carbocycles. The minimum Gasteiger partial charge on any atom is -0.326 e. The number of fused-ring (bicyclic) bond motifs is 1. The van der Waals surface area contributed by atoms with Crippen molar-refractivity contribution in [1.82, 2.24) is 9.71 Å². The van der Waals surface area contributed by atoms with Gasteiger partial charge in [-0.15, -0.1) is 11.8 Å². The molecule has 0 spiro atoms. The summed E-state index contributed by atoms with van der Waals surface area (Å²) >= 11 is 1.39. The molecule has 0 radical (unpaired) electrons. The number of hydrogen-bond donors (Lipinski definition) is 2. The average molecular weight is 487 g/mol. The average Bonchev–Trinajstić information content (AvgIpc) is 2.74. The number of carbonyl (C=O) groups is 2. The van der Waals surface area contributed by atoms with Crippen LogP contribution < -0.4 is 10.0 Å². The third-order valence-corrected chi connectivity index (χ3v) is 7.62. The molecule has 10 heteroatoms. The van der Waals surface area contributed by atoms with Gasteiger partial charge in [0, 0.05) is 30.5 Å². The fourth-order valence-electron chi connectivity index (χ4n) is 3.59. The van der Waals surface area contributed by atoms with E-state index in [2.05, 4.69) is 11.4 Å². The first kappa shape index (κ1) is 24.7. The number of sulfonamides is 1.